The SMILES string of the molecule is C[C@H](N)c1ccc(S(=O)(=O)N2CCCCC2)cc1/C=C/C1CC1.Cl. The summed E-state index contributed by atoms with van der Waals surface area (Å²) in [6.07, 6.45) is 9.71. The summed E-state index contributed by atoms with van der Waals surface area (Å²) in [5, 5.41) is 0. The third-order valence-corrected chi connectivity index (χ3v) is 6.57. The highest BCUT2D eigenvalue weighted by atomic mass is 35.5. The lowest BCUT2D eigenvalue weighted by molar-refractivity contribution is 0.346. The zero-order valence-corrected chi connectivity index (χ0v) is 15.8. The van der Waals surface area contributed by atoms with Gasteiger partial charge >= 0.3 is 0 Å². The van der Waals surface area contributed by atoms with Crippen molar-refractivity contribution in [2.45, 2.75) is 50.0 Å². The van der Waals surface area contributed by atoms with E-state index < -0.39 is 10.0 Å². The number of nitrogens with two attached hydrogens (primary N) is 1. The summed E-state index contributed by atoms with van der Waals surface area (Å²) in [4.78, 5) is 0.388. The third kappa shape index (κ3) is 4.39. The molecule has 1 aromatic rings. The number of hydrogen-bond acceptors (Lipinski definition) is 3. The number of benzene rings is 1. The quantitative estimate of drug-likeness (QED) is 0.858. The fraction of sp³-hybridized carbons (Fsp3) is 0.556. The van der Waals surface area contributed by atoms with Gasteiger partial charge in [0.15, 0.2) is 0 Å². The minimum atomic E-state index is -3.39. The number of hydrogen-bond donors (Lipinski definition) is 1. The molecule has 3 rings (SSSR count). The van der Waals surface area contributed by atoms with Gasteiger partial charge in [-0.1, -0.05) is 24.6 Å². The summed E-state index contributed by atoms with van der Waals surface area (Å²) in [5.41, 5.74) is 7.98. The zero-order valence-electron chi connectivity index (χ0n) is 14.1. The van der Waals surface area contributed by atoms with Gasteiger partial charge < -0.3 is 5.73 Å². The van der Waals surface area contributed by atoms with Crippen LogP contribution in [0.1, 0.15) is 56.2 Å². The average Bonchev–Trinajstić information content (AvgIpc) is 3.37. The first-order valence-electron chi connectivity index (χ1n) is 8.56. The minimum Gasteiger partial charge on any atom is -0.324 e. The lowest BCUT2D eigenvalue weighted by Crippen LogP contribution is -2.35. The van der Waals surface area contributed by atoms with Crippen LogP contribution in [0.25, 0.3) is 6.08 Å². The lowest BCUT2D eigenvalue weighted by Gasteiger charge is -2.26. The van der Waals surface area contributed by atoms with E-state index in [1.54, 1.807) is 16.4 Å². The molecule has 0 aromatic heterocycles. The van der Waals surface area contributed by atoms with Crippen LogP contribution >= 0.6 is 12.4 Å². The molecule has 0 unspecified atom stereocenters. The molecule has 2 fully saturated rings. The molecule has 1 saturated carbocycles. The maximum atomic E-state index is 12.8. The first kappa shape index (κ1) is 19.4. The predicted molar refractivity (Wildman–Crippen MR) is 101 cm³/mol. The second-order valence-corrected chi connectivity index (χ2v) is 8.68. The van der Waals surface area contributed by atoms with Gasteiger partial charge in [0.25, 0.3) is 0 Å². The molecular formula is C18H27ClN2O2S. The van der Waals surface area contributed by atoms with Gasteiger partial charge in [-0.3, -0.25) is 0 Å². The molecule has 2 N–H and O–H groups in total. The first-order valence-corrected chi connectivity index (χ1v) is 10.0. The van der Waals surface area contributed by atoms with Gasteiger partial charge in [-0.15, -0.1) is 12.4 Å². The molecule has 1 aliphatic heterocycles. The summed E-state index contributed by atoms with van der Waals surface area (Å²) in [7, 11) is -3.39. The van der Waals surface area contributed by atoms with Crippen LogP contribution in [0.5, 0.6) is 0 Å². The Morgan fingerprint density at radius 2 is 1.88 bits per heavy atom. The minimum absolute atomic E-state index is 0. The van der Waals surface area contributed by atoms with Crippen LogP contribution < -0.4 is 5.73 Å². The van der Waals surface area contributed by atoms with E-state index in [0.717, 1.165) is 30.4 Å². The predicted octanol–water partition coefficient (Wildman–Crippen LogP) is 3.73. The molecule has 1 aliphatic carbocycles. The Kier molecular flexibility index (Phi) is 6.48. The molecule has 6 heteroatoms. The number of allylic oxidation sites excluding steroid dienone is 1. The second-order valence-electron chi connectivity index (χ2n) is 6.74. The Morgan fingerprint density at radius 3 is 2.46 bits per heavy atom. The van der Waals surface area contributed by atoms with Gasteiger partial charge in [-0.25, -0.2) is 8.42 Å². The van der Waals surface area contributed by atoms with E-state index in [-0.39, 0.29) is 18.4 Å². The maximum Gasteiger partial charge on any atom is 0.243 e. The van der Waals surface area contributed by atoms with Crippen molar-refractivity contribution in [2.24, 2.45) is 11.7 Å². The van der Waals surface area contributed by atoms with Crippen LogP contribution in [0.15, 0.2) is 29.2 Å². The molecule has 0 bridgehead atoms. The van der Waals surface area contributed by atoms with Crippen LogP contribution in [0.4, 0.5) is 0 Å². The van der Waals surface area contributed by atoms with Gasteiger partial charge in [0.05, 0.1) is 4.90 Å². The highest BCUT2D eigenvalue weighted by molar-refractivity contribution is 7.89. The van der Waals surface area contributed by atoms with Gasteiger partial charge in [0.1, 0.15) is 0 Å². The summed E-state index contributed by atoms with van der Waals surface area (Å²) < 4.78 is 27.3. The van der Waals surface area contributed by atoms with E-state index in [2.05, 4.69) is 6.08 Å². The zero-order chi connectivity index (χ0) is 16.4. The van der Waals surface area contributed by atoms with Crippen molar-refractivity contribution in [3.05, 3.63) is 35.4 Å². The topological polar surface area (TPSA) is 63.4 Å². The number of sulfonamides is 1. The first-order chi connectivity index (χ1) is 11.0. The largest absolute Gasteiger partial charge is 0.324 e. The smallest absolute Gasteiger partial charge is 0.243 e. The molecule has 24 heavy (non-hydrogen) atoms. The average molecular weight is 371 g/mol. The molecule has 1 aromatic carbocycles. The standard InChI is InChI=1S/C18H26N2O2S.ClH/c1-14(19)18-10-9-17(13-16(18)8-7-15-5-6-15)23(21,22)20-11-3-2-4-12-20;/h7-10,13-15H,2-6,11-12,19H2,1H3;1H/b8-7+;/t14-;/m0./s1. The molecule has 2 aliphatic rings. The second kappa shape index (κ2) is 8.00. The van der Waals surface area contributed by atoms with Crippen molar-refractivity contribution >= 4 is 28.5 Å². The summed E-state index contributed by atoms with van der Waals surface area (Å²) in [6, 6.07) is 5.26. The van der Waals surface area contributed by atoms with E-state index in [4.69, 9.17) is 5.73 Å². The number of piperidine rings is 1. The van der Waals surface area contributed by atoms with Crippen molar-refractivity contribution in [3.8, 4) is 0 Å². The van der Waals surface area contributed by atoms with Crippen molar-refractivity contribution in [3.63, 3.8) is 0 Å². The van der Waals surface area contributed by atoms with E-state index in [1.165, 1.54) is 12.8 Å². The Labute approximate surface area is 151 Å². The molecule has 134 valence electrons. The molecule has 1 heterocycles. The van der Waals surface area contributed by atoms with Crippen LogP contribution in [0.2, 0.25) is 0 Å². The summed E-state index contributed by atoms with van der Waals surface area (Å²) in [6.45, 7) is 3.19. The molecule has 1 atom stereocenters. The molecule has 1 saturated heterocycles. The Bertz CT molecular complexity index is 691. The Balaban J connectivity index is 0.00000208. The van der Waals surface area contributed by atoms with E-state index in [1.807, 2.05) is 19.1 Å². The van der Waals surface area contributed by atoms with Crippen molar-refractivity contribution in [1.29, 1.82) is 0 Å². The van der Waals surface area contributed by atoms with Crippen LogP contribution in [0.3, 0.4) is 0 Å². The van der Waals surface area contributed by atoms with Crippen molar-refractivity contribution in [2.75, 3.05) is 13.1 Å². The molecule has 0 spiro atoms. The van der Waals surface area contributed by atoms with E-state index in [9.17, 15) is 8.42 Å². The van der Waals surface area contributed by atoms with E-state index >= 15 is 0 Å². The summed E-state index contributed by atoms with van der Waals surface area (Å²) >= 11 is 0. The Morgan fingerprint density at radius 1 is 1.21 bits per heavy atom. The molecule has 4 nitrogen and oxygen atoms in total. The molecular weight excluding hydrogens is 344 g/mol. The fourth-order valence-electron chi connectivity index (χ4n) is 3.06. The van der Waals surface area contributed by atoms with Crippen molar-refractivity contribution < 1.29 is 8.42 Å². The monoisotopic (exact) mass is 370 g/mol. The molecule has 0 amide bonds. The number of nitrogens with zero attached hydrogens (tertiary/aromatic N) is 1. The number of halogens is 1. The van der Waals surface area contributed by atoms with E-state index in [0.29, 0.717) is 23.9 Å². The summed E-state index contributed by atoms with van der Waals surface area (Å²) in [5.74, 6) is 0.651. The van der Waals surface area contributed by atoms with Gasteiger partial charge in [0.2, 0.25) is 10.0 Å². The van der Waals surface area contributed by atoms with Gasteiger partial charge in [0, 0.05) is 19.1 Å². The number of rotatable bonds is 5. The highest BCUT2D eigenvalue weighted by Crippen LogP contribution is 2.32. The molecule has 0 radical (unpaired) electrons. The van der Waals surface area contributed by atoms with Crippen LogP contribution in [0, 0.1) is 5.92 Å². The normalized spacial score (nSPS) is 20.8. The lowest BCUT2D eigenvalue weighted by atomic mass is 10.0. The maximum absolute atomic E-state index is 12.8. The Hall–Kier alpha value is -0.880. The van der Waals surface area contributed by atoms with Crippen LogP contribution in [-0.2, 0) is 10.0 Å². The van der Waals surface area contributed by atoms with Gasteiger partial charge in [-0.2, -0.15) is 4.31 Å². The van der Waals surface area contributed by atoms with Gasteiger partial charge in [-0.05, 0) is 61.8 Å². The fourth-order valence-corrected chi connectivity index (χ4v) is 4.61. The van der Waals surface area contributed by atoms with Crippen molar-refractivity contribution in [1.82, 2.24) is 4.31 Å². The highest BCUT2D eigenvalue weighted by Gasteiger charge is 2.26. The third-order valence-electron chi connectivity index (χ3n) is 4.67. The van der Waals surface area contributed by atoms with Crippen LogP contribution in [-0.4, -0.2) is 25.8 Å².